The van der Waals surface area contributed by atoms with Crippen LogP contribution in [0.15, 0.2) is 48.5 Å². The Kier molecular flexibility index (Phi) is 10.6. The molecule has 13 nitrogen and oxygen atoms in total. The number of aromatic nitrogens is 3. The predicted octanol–water partition coefficient (Wildman–Crippen LogP) is 5.41. The highest BCUT2D eigenvalue weighted by molar-refractivity contribution is 6.30. The van der Waals surface area contributed by atoms with E-state index in [4.69, 9.17) is 21.1 Å². The summed E-state index contributed by atoms with van der Waals surface area (Å²) in [6.07, 6.45) is -4.17. The number of benzene rings is 2. The quantitative estimate of drug-likeness (QED) is 0.156. The number of alkyl carbamates (subject to hydrolysis) is 1. The van der Waals surface area contributed by atoms with Crippen molar-refractivity contribution in [2.45, 2.75) is 63.4 Å². The van der Waals surface area contributed by atoms with Crippen LogP contribution < -0.4 is 26.0 Å². The lowest BCUT2D eigenvalue weighted by Gasteiger charge is -2.22. The molecule has 0 aliphatic heterocycles. The molecule has 0 saturated heterocycles. The summed E-state index contributed by atoms with van der Waals surface area (Å²) >= 11 is 6.01. The molecular weight excluding hydrogens is 647 g/mol. The molecule has 1 heterocycles. The molecule has 1 aliphatic carbocycles. The molecule has 1 saturated carbocycles. The van der Waals surface area contributed by atoms with Crippen LogP contribution in [-0.2, 0) is 15.1 Å². The van der Waals surface area contributed by atoms with E-state index in [2.05, 4.69) is 36.2 Å². The van der Waals surface area contributed by atoms with Gasteiger partial charge < -0.3 is 35.8 Å². The third-order valence-electron chi connectivity index (χ3n) is 6.59. The highest BCUT2D eigenvalue weighted by Gasteiger charge is 2.45. The van der Waals surface area contributed by atoms with Gasteiger partial charge in [-0.2, -0.15) is 28.1 Å². The number of rotatable bonds is 13. The van der Waals surface area contributed by atoms with Crippen LogP contribution in [0.5, 0.6) is 6.01 Å². The summed E-state index contributed by atoms with van der Waals surface area (Å²) in [5.41, 5.74) is 0.183. The minimum absolute atomic E-state index is 0.0102. The van der Waals surface area contributed by atoms with Gasteiger partial charge in [-0.1, -0.05) is 23.7 Å². The van der Waals surface area contributed by atoms with Crippen molar-refractivity contribution in [3.63, 3.8) is 0 Å². The molecule has 1 atom stereocenters. The van der Waals surface area contributed by atoms with Crippen LogP contribution in [0.3, 0.4) is 0 Å². The average Bonchev–Trinajstić information content (AvgIpc) is 3.75. The number of nitrogens with one attached hydrogen (secondary N) is 4. The van der Waals surface area contributed by atoms with Crippen LogP contribution in [0, 0.1) is 0 Å². The zero-order chi connectivity index (χ0) is 34.4. The number of hydrogen-bond donors (Lipinski definition) is 5. The third-order valence-corrected chi connectivity index (χ3v) is 6.84. The second-order valence-corrected chi connectivity index (χ2v) is 12.1. The van der Waals surface area contributed by atoms with Gasteiger partial charge >= 0.3 is 24.2 Å². The maximum Gasteiger partial charge on any atom is 0.422 e. The smallest absolute Gasteiger partial charge is 0.422 e. The minimum atomic E-state index is -4.62. The van der Waals surface area contributed by atoms with Gasteiger partial charge in [0.25, 0.3) is 5.91 Å². The molecule has 5 N–H and O–H groups in total. The average molecular weight is 680 g/mol. The number of carbonyl (C=O) groups is 3. The molecule has 252 valence electrons. The third kappa shape index (κ3) is 10.9. The number of alkyl halides is 3. The number of hydrogen-bond acceptors (Lipinski definition) is 10. The lowest BCUT2D eigenvalue weighted by atomic mass is 10.1. The minimum Gasteiger partial charge on any atom is -0.480 e. The molecule has 1 aromatic heterocycles. The second-order valence-electron chi connectivity index (χ2n) is 11.7. The van der Waals surface area contributed by atoms with Crippen molar-refractivity contribution in [2.24, 2.45) is 0 Å². The van der Waals surface area contributed by atoms with Crippen LogP contribution in [0.4, 0.5) is 35.5 Å². The summed E-state index contributed by atoms with van der Waals surface area (Å²) in [4.78, 5) is 48.4. The Bertz CT molecular complexity index is 1580. The number of anilines is 3. The molecule has 1 unspecified atom stereocenters. The number of carbonyl (C=O) groups excluding carboxylic acids is 2. The van der Waals surface area contributed by atoms with Crippen molar-refractivity contribution in [3.05, 3.63) is 64.7 Å². The van der Waals surface area contributed by atoms with Crippen LogP contribution in [0.2, 0.25) is 5.02 Å². The van der Waals surface area contributed by atoms with Crippen LogP contribution >= 0.6 is 11.6 Å². The van der Waals surface area contributed by atoms with E-state index in [1.54, 1.807) is 32.9 Å². The van der Waals surface area contributed by atoms with Crippen molar-refractivity contribution >= 4 is 47.2 Å². The summed E-state index contributed by atoms with van der Waals surface area (Å²) in [5.74, 6) is -1.92. The molecule has 0 bridgehead atoms. The fourth-order valence-electron chi connectivity index (χ4n) is 4.25. The van der Waals surface area contributed by atoms with Crippen molar-refractivity contribution in [2.75, 3.05) is 23.8 Å². The Morgan fingerprint density at radius 1 is 0.979 bits per heavy atom. The molecule has 2 amide bonds. The fraction of sp³-hybridized carbons (Fsp3) is 0.400. The Balaban J connectivity index is 1.40. The second kappa shape index (κ2) is 14.3. The van der Waals surface area contributed by atoms with E-state index in [0.29, 0.717) is 10.7 Å². The van der Waals surface area contributed by atoms with E-state index >= 15 is 0 Å². The van der Waals surface area contributed by atoms with Crippen molar-refractivity contribution < 1.29 is 42.1 Å². The summed E-state index contributed by atoms with van der Waals surface area (Å²) < 4.78 is 48.5. The van der Waals surface area contributed by atoms with Crippen molar-refractivity contribution in [1.29, 1.82) is 0 Å². The van der Waals surface area contributed by atoms with Gasteiger partial charge in [-0.05, 0) is 82.0 Å². The molecule has 2 aromatic carbocycles. The molecular formula is C30H33ClF3N7O6. The number of ether oxygens (including phenoxy) is 2. The molecule has 1 fully saturated rings. The maximum atomic E-state index is 12.9. The lowest BCUT2D eigenvalue weighted by molar-refractivity contribution is -0.154. The first-order valence-corrected chi connectivity index (χ1v) is 14.8. The predicted molar refractivity (Wildman–Crippen MR) is 165 cm³/mol. The molecule has 1 aliphatic rings. The van der Waals surface area contributed by atoms with Gasteiger partial charge in [0.05, 0.1) is 5.54 Å². The molecule has 3 aromatic rings. The normalized spacial score (nSPS) is 14.4. The standard InChI is InChI=1S/C30H33ClF3N7O6/c1-28(2,3)47-27(45)37-21(23(43)44)12-15-35-22(42)17-4-10-20(11-5-17)36-24-38-25(40-26(39-24)46-16-30(32,33)34)41-29(13-14-29)18-6-8-19(31)9-7-18/h4-11,21H,12-16H2,1-3H3,(H,35,42)(H,37,45)(H,43,44)(H2,36,38,39,40,41). The van der Waals surface area contributed by atoms with E-state index in [1.807, 2.05) is 12.1 Å². The van der Waals surface area contributed by atoms with E-state index in [-0.39, 0.29) is 30.4 Å². The van der Waals surface area contributed by atoms with Crippen LogP contribution in [-0.4, -0.2) is 69.0 Å². The van der Waals surface area contributed by atoms with Gasteiger partial charge in [-0.25, -0.2) is 9.59 Å². The van der Waals surface area contributed by atoms with E-state index < -0.39 is 53.9 Å². The van der Waals surface area contributed by atoms with Crippen molar-refractivity contribution in [1.82, 2.24) is 25.6 Å². The Hall–Kier alpha value is -4.86. The topological polar surface area (TPSA) is 177 Å². The molecule has 17 heteroatoms. The highest BCUT2D eigenvalue weighted by Crippen LogP contribution is 2.48. The largest absolute Gasteiger partial charge is 0.480 e. The Morgan fingerprint density at radius 2 is 1.62 bits per heavy atom. The number of carboxylic acids is 1. The summed E-state index contributed by atoms with van der Waals surface area (Å²) in [6, 6.07) is 11.3. The fourth-order valence-corrected chi connectivity index (χ4v) is 4.37. The van der Waals surface area contributed by atoms with Gasteiger partial charge in [0.15, 0.2) is 6.61 Å². The van der Waals surface area contributed by atoms with Crippen LogP contribution in [0.25, 0.3) is 0 Å². The van der Waals surface area contributed by atoms with E-state index in [9.17, 15) is 32.7 Å². The van der Waals surface area contributed by atoms with Crippen LogP contribution in [0.1, 0.15) is 56.0 Å². The number of halogens is 4. The number of carboxylic acid groups (broad SMARTS) is 1. The van der Waals surface area contributed by atoms with Gasteiger partial charge in [0, 0.05) is 22.8 Å². The number of aliphatic carboxylic acids is 1. The van der Waals surface area contributed by atoms with Gasteiger partial charge in [0.2, 0.25) is 11.9 Å². The van der Waals surface area contributed by atoms with E-state index in [1.165, 1.54) is 24.3 Å². The Morgan fingerprint density at radius 3 is 2.19 bits per heavy atom. The van der Waals surface area contributed by atoms with E-state index in [0.717, 1.165) is 18.4 Å². The van der Waals surface area contributed by atoms with Gasteiger partial charge in [0.1, 0.15) is 11.6 Å². The highest BCUT2D eigenvalue weighted by atomic mass is 35.5. The van der Waals surface area contributed by atoms with Gasteiger partial charge in [-0.3, -0.25) is 4.79 Å². The maximum absolute atomic E-state index is 12.9. The summed E-state index contributed by atoms with van der Waals surface area (Å²) in [6.45, 7) is 3.25. The van der Waals surface area contributed by atoms with Crippen molar-refractivity contribution in [3.8, 4) is 6.01 Å². The number of nitrogens with zero attached hydrogens (tertiary/aromatic N) is 3. The first-order chi connectivity index (χ1) is 22.0. The Labute approximate surface area is 272 Å². The lowest BCUT2D eigenvalue weighted by Crippen LogP contribution is -2.45. The summed E-state index contributed by atoms with van der Waals surface area (Å²) in [5, 5.41) is 20.9. The number of amides is 2. The first-order valence-electron chi connectivity index (χ1n) is 14.4. The van der Waals surface area contributed by atoms with Gasteiger partial charge in [-0.15, -0.1) is 0 Å². The molecule has 4 rings (SSSR count). The monoisotopic (exact) mass is 679 g/mol. The summed E-state index contributed by atoms with van der Waals surface area (Å²) in [7, 11) is 0. The zero-order valence-electron chi connectivity index (χ0n) is 25.6. The SMILES string of the molecule is CC(C)(C)OC(=O)NC(CCNC(=O)c1ccc(Nc2nc(NC3(c4ccc(Cl)cc4)CC3)nc(OCC(F)(F)F)n2)cc1)C(=O)O. The zero-order valence-corrected chi connectivity index (χ0v) is 26.3. The first kappa shape index (κ1) is 35.0. The molecule has 0 radical (unpaired) electrons. The molecule has 0 spiro atoms. The molecule has 47 heavy (non-hydrogen) atoms.